The number of nitrogens with one attached hydrogen (secondary N) is 1. The average Bonchev–Trinajstić information content (AvgIpc) is 2.23. The van der Waals surface area contributed by atoms with Gasteiger partial charge in [0.1, 0.15) is 5.82 Å². The van der Waals surface area contributed by atoms with Crippen molar-refractivity contribution in [1.29, 1.82) is 0 Å². The van der Waals surface area contributed by atoms with E-state index < -0.39 is 0 Å². The Bertz CT molecular complexity index is 386. The molecule has 0 saturated heterocycles. The van der Waals surface area contributed by atoms with Crippen LogP contribution in [0.25, 0.3) is 0 Å². The maximum atomic E-state index is 11.3. The molecular weight excluding hydrogens is 216 g/mol. The highest BCUT2D eigenvalue weighted by Gasteiger charge is 2.10. The van der Waals surface area contributed by atoms with E-state index in [0.717, 1.165) is 25.5 Å². The summed E-state index contributed by atoms with van der Waals surface area (Å²) in [5, 5.41) is 0. The molecule has 0 fully saturated rings. The fourth-order valence-electron chi connectivity index (χ4n) is 1.59. The normalized spacial score (nSPS) is 11.2. The van der Waals surface area contributed by atoms with Gasteiger partial charge in [-0.15, -0.1) is 0 Å². The van der Waals surface area contributed by atoms with Gasteiger partial charge in [-0.1, -0.05) is 13.8 Å². The number of hydrogen-bond donors (Lipinski definition) is 1. The number of H-pyrrole nitrogens is 1. The van der Waals surface area contributed by atoms with Crippen LogP contribution in [0, 0.1) is 5.92 Å². The van der Waals surface area contributed by atoms with E-state index in [9.17, 15) is 4.79 Å². The van der Waals surface area contributed by atoms with Crippen LogP contribution in [-0.2, 0) is 0 Å². The number of aromatic nitrogens is 2. The molecule has 0 aliphatic carbocycles. The number of likely N-dealkylation sites (N-methyl/N-ethyl adjacent to an activating group) is 1. The molecule has 0 aliphatic rings. The minimum Gasteiger partial charge on any atom is -0.355 e. The molecule has 0 radical (unpaired) electrons. The smallest absolute Gasteiger partial charge is 0.252 e. The molecule has 0 bridgehead atoms. The lowest BCUT2D eigenvalue weighted by atomic mass is 10.2. The van der Waals surface area contributed by atoms with Crippen LogP contribution in [0.3, 0.4) is 0 Å². The molecule has 0 spiro atoms. The lowest BCUT2D eigenvalue weighted by molar-refractivity contribution is 0.408. The van der Waals surface area contributed by atoms with Crippen LogP contribution in [0.4, 0.5) is 5.82 Å². The second-order valence-corrected chi connectivity index (χ2v) is 4.91. The summed E-state index contributed by atoms with van der Waals surface area (Å²) >= 11 is 0. The number of aromatic amines is 1. The molecule has 17 heavy (non-hydrogen) atoms. The maximum absolute atomic E-state index is 11.3. The van der Waals surface area contributed by atoms with E-state index in [0.29, 0.717) is 5.92 Å². The van der Waals surface area contributed by atoms with Gasteiger partial charge < -0.3 is 14.8 Å². The molecule has 0 amide bonds. The summed E-state index contributed by atoms with van der Waals surface area (Å²) in [7, 11) is 4.08. The van der Waals surface area contributed by atoms with Crippen molar-refractivity contribution >= 4 is 5.82 Å². The van der Waals surface area contributed by atoms with Crippen molar-refractivity contribution in [2.75, 3.05) is 38.6 Å². The zero-order chi connectivity index (χ0) is 12.8. The zero-order valence-corrected chi connectivity index (χ0v) is 11.1. The summed E-state index contributed by atoms with van der Waals surface area (Å²) in [4.78, 5) is 22.3. The number of rotatable bonds is 6. The van der Waals surface area contributed by atoms with Gasteiger partial charge in [-0.05, 0) is 20.0 Å². The Kier molecular flexibility index (Phi) is 5.15. The van der Waals surface area contributed by atoms with E-state index in [-0.39, 0.29) is 5.56 Å². The van der Waals surface area contributed by atoms with Gasteiger partial charge in [0.15, 0.2) is 0 Å². The van der Waals surface area contributed by atoms with Crippen LogP contribution < -0.4 is 10.5 Å². The third-order valence-electron chi connectivity index (χ3n) is 2.39. The molecule has 1 rings (SSSR count). The monoisotopic (exact) mass is 238 g/mol. The van der Waals surface area contributed by atoms with Gasteiger partial charge >= 0.3 is 0 Å². The zero-order valence-electron chi connectivity index (χ0n) is 11.1. The Morgan fingerprint density at radius 1 is 1.35 bits per heavy atom. The molecule has 96 valence electrons. The quantitative estimate of drug-likeness (QED) is 0.796. The van der Waals surface area contributed by atoms with E-state index in [4.69, 9.17) is 0 Å². The molecule has 0 atom stereocenters. The second kappa shape index (κ2) is 6.39. The minimum absolute atomic E-state index is 0.103. The Morgan fingerprint density at radius 3 is 2.59 bits per heavy atom. The predicted octanol–water partition coefficient (Wildman–Crippen LogP) is 0.794. The van der Waals surface area contributed by atoms with Gasteiger partial charge in [-0.25, -0.2) is 4.98 Å². The van der Waals surface area contributed by atoms with E-state index >= 15 is 0 Å². The third kappa shape index (κ3) is 4.99. The van der Waals surface area contributed by atoms with Crippen LogP contribution >= 0.6 is 0 Å². The number of hydrogen-bond acceptors (Lipinski definition) is 4. The molecule has 0 saturated carbocycles. The Hall–Kier alpha value is -1.36. The first kappa shape index (κ1) is 13.7. The molecule has 0 aliphatic heterocycles. The SMILES string of the molecule is CC(C)CN(CCN(C)C)c1cc(=O)[nH]cn1. The van der Waals surface area contributed by atoms with Crippen LogP contribution in [0.15, 0.2) is 17.2 Å². The summed E-state index contributed by atoms with van der Waals surface area (Å²) in [6, 6.07) is 1.55. The highest BCUT2D eigenvalue weighted by molar-refractivity contribution is 5.36. The van der Waals surface area contributed by atoms with Crippen LogP contribution in [0.5, 0.6) is 0 Å². The van der Waals surface area contributed by atoms with E-state index in [1.54, 1.807) is 6.07 Å². The third-order valence-corrected chi connectivity index (χ3v) is 2.39. The molecule has 5 heteroatoms. The highest BCUT2D eigenvalue weighted by atomic mass is 16.1. The lowest BCUT2D eigenvalue weighted by Gasteiger charge is -2.26. The van der Waals surface area contributed by atoms with E-state index in [1.165, 1.54) is 6.33 Å². The largest absolute Gasteiger partial charge is 0.355 e. The van der Waals surface area contributed by atoms with E-state index in [2.05, 4.69) is 33.6 Å². The van der Waals surface area contributed by atoms with Crippen LogP contribution in [0.1, 0.15) is 13.8 Å². The predicted molar refractivity (Wildman–Crippen MR) is 70.5 cm³/mol. The Morgan fingerprint density at radius 2 is 2.06 bits per heavy atom. The molecule has 1 heterocycles. The van der Waals surface area contributed by atoms with Crippen LogP contribution in [0.2, 0.25) is 0 Å². The summed E-state index contributed by atoms with van der Waals surface area (Å²) in [6.07, 6.45) is 1.46. The first-order valence-electron chi connectivity index (χ1n) is 5.93. The molecule has 5 nitrogen and oxygen atoms in total. The van der Waals surface area contributed by atoms with Crippen molar-refractivity contribution in [3.8, 4) is 0 Å². The number of nitrogens with zero attached hydrogens (tertiary/aromatic N) is 3. The Balaban J connectivity index is 2.78. The van der Waals surface area contributed by atoms with Crippen LogP contribution in [-0.4, -0.2) is 48.6 Å². The first-order chi connectivity index (χ1) is 7.99. The summed E-state index contributed by atoms with van der Waals surface area (Å²) in [5.74, 6) is 1.29. The van der Waals surface area contributed by atoms with Gasteiger partial charge in [0.2, 0.25) is 0 Å². The van der Waals surface area contributed by atoms with Crippen molar-refractivity contribution in [3.05, 3.63) is 22.7 Å². The van der Waals surface area contributed by atoms with Gasteiger partial charge in [-0.2, -0.15) is 0 Å². The lowest BCUT2D eigenvalue weighted by Crippen LogP contribution is -2.35. The van der Waals surface area contributed by atoms with Crippen molar-refractivity contribution < 1.29 is 0 Å². The van der Waals surface area contributed by atoms with Gasteiger partial charge in [-0.3, -0.25) is 4.79 Å². The van der Waals surface area contributed by atoms with Gasteiger partial charge in [0.05, 0.1) is 6.33 Å². The Labute approximate surface area is 102 Å². The topological polar surface area (TPSA) is 52.2 Å². The second-order valence-electron chi connectivity index (χ2n) is 4.91. The molecule has 0 unspecified atom stereocenters. The van der Waals surface area contributed by atoms with Gasteiger partial charge in [0, 0.05) is 25.7 Å². The highest BCUT2D eigenvalue weighted by Crippen LogP contribution is 2.09. The van der Waals surface area contributed by atoms with Gasteiger partial charge in [0.25, 0.3) is 5.56 Å². The molecule has 1 aromatic heterocycles. The summed E-state index contributed by atoms with van der Waals surface area (Å²) in [5.41, 5.74) is -0.103. The fourth-order valence-corrected chi connectivity index (χ4v) is 1.59. The van der Waals surface area contributed by atoms with Crippen molar-refractivity contribution in [3.63, 3.8) is 0 Å². The minimum atomic E-state index is -0.103. The fraction of sp³-hybridized carbons (Fsp3) is 0.667. The van der Waals surface area contributed by atoms with Crippen molar-refractivity contribution in [2.45, 2.75) is 13.8 Å². The maximum Gasteiger partial charge on any atom is 0.252 e. The summed E-state index contributed by atoms with van der Waals surface area (Å²) < 4.78 is 0. The van der Waals surface area contributed by atoms with E-state index in [1.807, 2.05) is 14.1 Å². The molecule has 1 aromatic rings. The first-order valence-corrected chi connectivity index (χ1v) is 5.93. The number of anilines is 1. The summed E-state index contributed by atoms with van der Waals surface area (Å²) in [6.45, 7) is 7.05. The van der Waals surface area contributed by atoms with Crippen molar-refractivity contribution in [1.82, 2.24) is 14.9 Å². The standard InChI is InChI=1S/C12H22N4O/c1-10(2)8-16(6-5-15(3)4)11-7-12(17)14-9-13-11/h7,9-10H,5-6,8H2,1-4H3,(H,13,14,17). The molecule has 1 N–H and O–H groups in total. The van der Waals surface area contributed by atoms with Crippen molar-refractivity contribution in [2.24, 2.45) is 5.92 Å². The molecule has 0 aromatic carbocycles. The average molecular weight is 238 g/mol. The molecular formula is C12H22N4O.